The highest BCUT2D eigenvalue weighted by molar-refractivity contribution is 5.98. The molecular weight excluding hydrogens is 440 g/mol. The zero-order chi connectivity index (χ0) is 23.6. The van der Waals surface area contributed by atoms with Crippen molar-refractivity contribution in [1.29, 1.82) is 0 Å². The number of carbonyl (C=O) groups excluding carboxylic acids is 1. The number of piperidine rings is 1. The van der Waals surface area contributed by atoms with Crippen LogP contribution < -0.4 is 0 Å². The van der Waals surface area contributed by atoms with Crippen molar-refractivity contribution in [1.82, 2.24) is 29.9 Å². The molecule has 1 amide bonds. The van der Waals surface area contributed by atoms with Gasteiger partial charge < -0.3 is 4.90 Å². The van der Waals surface area contributed by atoms with Crippen LogP contribution >= 0.6 is 0 Å². The molecule has 1 aliphatic rings. The van der Waals surface area contributed by atoms with Crippen LogP contribution in [0.15, 0.2) is 43.0 Å². The SMILES string of the molecule is C[C@@H]1CCCN(C(=O)c2ccc(F)cc2-n2nccn2)[C@@H]1CCc1ncc(C(F)(F)F)cn1. The second kappa shape index (κ2) is 9.24. The Labute approximate surface area is 187 Å². The van der Waals surface area contributed by atoms with Crippen molar-refractivity contribution in [3.8, 4) is 5.69 Å². The van der Waals surface area contributed by atoms with Crippen LogP contribution in [-0.2, 0) is 12.6 Å². The summed E-state index contributed by atoms with van der Waals surface area (Å²) >= 11 is 0. The second-order valence-electron chi connectivity index (χ2n) is 8.09. The van der Waals surface area contributed by atoms with Crippen LogP contribution in [0.25, 0.3) is 5.69 Å². The van der Waals surface area contributed by atoms with Crippen molar-refractivity contribution < 1.29 is 22.4 Å². The molecule has 0 aliphatic carbocycles. The predicted molar refractivity (Wildman–Crippen MR) is 110 cm³/mol. The van der Waals surface area contributed by atoms with Crippen LogP contribution in [0.3, 0.4) is 0 Å². The van der Waals surface area contributed by atoms with Crippen LogP contribution in [0, 0.1) is 11.7 Å². The number of likely N-dealkylation sites (tertiary alicyclic amines) is 1. The van der Waals surface area contributed by atoms with E-state index in [1.54, 1.807) is 4.90 Å². The number of benzene rings is 1. The summed E-state index contributed by atoms with van der Waals surface area (Å²) in [7, 11) is 0. The minimum atomic E-state index is -4.49. The predicted octanol–water partition coefficient (Wildman–Crippen LogP) is 4.09. The summed E-state index contributed by atoms with van der Waals surface area (Å²) in [5.41, 5.74) is -0.379. The van der Waals surface area contributed by atoms with Gasteiger partial charge in [-0.15, -0.1) is 0 Å². The van der Waals surface area contributed by atoms with Gasteiger partial charge in [-0.3, -0.25) is 4.79 Å². The van der Waals surface area contributed by atoms with Crippen LogP contribution in [0.4, 0.5) is 17.6 Å². The highest BCUT2D eigenvalue weighted by atomic mass is 19.4. The van der Waals surface area contributed by atoms with Crippen LogP contribution in [0.1, 0.15) is 47.9 Å². The monoisotopic (exact) mass is 462 g/mol. The molecule has 0 radical (unpaired) electrons. The van der Waals surface area contributed by atoms with E-state index in [0.717, 1.165) is 25.2 Å². The largest absolute Gasteiger partial charge is 0.419 e. The first-order valence-corrected chi connectivity index (χ1v) is 10.6. The Morgan fingerprint density at radius 2 is 1.85 bits per heavy atom. The lowest BCUT2D eigenvalue weighted by Crippen LogP contribution is -2.48. The van der Waals surface area contributed by atoms with Crippen molar-refractivity contribution in [2.45, 2.75) is 44.8 Å². The van der Waals surface area contributed by atoms with E-state index in [-0.39, 0.29) is 34.9 Å². The molecule has 1 aromatic carbocycles. The van der Waals surface area contributed by atoms with E-state index in [0.29, 0.717) is 19.4 Å². The first-order chi connectivity index (χ1) is 15.7. The second-order valence-corrected chi connectivity index (χ2v) is 8.09. The molecule has 0 saturated carbocycles. The smallest absolute Gasteiger partial charge is 0.335 e. The Hall–Kier alpha value is -3.37. The van der Waals surface area contributed by atoms with Gasteiger partial charge in [-0.2, -0.15) is 28.2 Å². The lowest BCUT2D eigenvalue weighted by molar-refractivity contribution is -0.138. The molecule has 7 nitrogen and oxygen atoms in total. The average molecular weight is 462 g/mol. The molecule has 3 heterocycles. The zero-order valence-electron chi connectivity index (χ0n) is 17.8. The van der Waals surface area contributed by atoms with E-state index in [1.165, 1.54) is 35.4 Å². The van der Waals surface area contributed by atoms with E-state index in [2.05, 4.69) is 20.2 Å². The third kappa shape index (κ3) is 5.01. The molecule has 1 fully saturated rings. The maximum Gasteiger partial charge on any atom is 0.419 e. The van der Waals surface area contributed by atoms with Gasteiger partial charge in [0.2, 0.25) is 0 Å². The van der Waals surface area contributed by atoms with Crippen molar-refractivity contribution >= 4 is 5.91 Å². The molecule has 11 heteroatoms. The maximum atomic E-state index is 13.9. The Kier molecular flexibility index (Phi) is 6.39. The van der Waals surface area contributed by atoms with Gasteiger partial charge in [0.05, 0.1) is 23.5 Å². The lowest BCUT2D eigenvalue weighted by atomic mass is 9.87. The number of aromatic nitrogens is 5. The van der Waals surface area contributed by atoms with Gasteiger partial charge in [-0.1, -0.05) is 6.92 Å². The van der Waals surface area contributed by atoms with Gasteiger partial charge in [0, 0.05) is 37.5 Å². The molecule has 0 spiro atoms. The van der Waals surface area contributed by atoms with Crippen LogP contribution in [0.2, 0.25) is 0 Å². The van der Waals surface area contributed by atoms with Gasteiger partial charge in [0.25, 0.3) is 5.91 Å². The molecule has 2 aromatic heterocycles. The summed E-state index contributed by atoms with van der Waals surface area (Å²) in [6, 6.07) is 3.69. The molecular formula is C22H22F4N6O. The lowest BCUT2D eigenvalue weighted by Gasteiger charge is -2.40. The van der Waals surface area contributed by atoms with Crippen LogP contribution in [0.5, 0.6) is 0 Å². The molecule has 3 aromatic rings. The quantitative estimate of drug-likeness (QED) is 0.534. The molecule has 0 unspecified atom stereocenters. The Morgan fingerprint density at radius 3 is 2.52 bits per heavy atom. The Bertz CT molecular complexity index is 1100. The minimum absolute atomic E-state index is 0.166. The topological polar surface area (TPSA) is 76.8 Å². The number of aryl methyl sites for hydroxylation is 1. The Morgan fingerprint density at radius 1 is 1.15 bits per heavy atom. The minimum Gasteiger partial charge on any atom is -0.335 e. The van der Waals surface area contributed by atoms with Gasteiger partial charge in [-0.05, 0) is 37.3 Å². The standard InChI is InChI=1S/C22H22F4N6O/c1-14-3-2-10-31(18(14)6-7-20-27-12-15(13-28-20)22(24,25)26)21(33)17-5-4-16(23)11-19(17)32-29-8-9-30-32/h4-5,8-9,11-14,18H,2-3,6-7,10H2,1H3/t14-,18-/m1/s1. The normalized spacial score (nSPS) is 19.0. The van der Waals surface area contributed by atoms with Crippen molar-refractivity contribution in [2.24, 2.45) is 5.92 Å². The fraction of sp³-hybridized carbons (Fsp3) is 0.409. The number of rotatable bonds is 5. The van der Waals surface area contributed by atoms with Crippen molar-refractivity contribution in [3.05, 3.63) is 65.8 Å². The molecule has 2 atom stereocenters. The fourth-order valence-corrected chi connectivity index (χ4v) is 4.19. The molecule has 1 saturated heterocycles. The third-order valence-corrected chi connectivity index (χ3v) is 5.90. The fourth-order valence-electron chi connectivity index (χ4n) is 4.19. The van der Waals surface area contributed by atoms with E-state index in [4.69, 9.17) is 0 Å². The molecule has 174 valence electrons. The number of alkyl halides is 3. The molecule has 1 aliphatic heterocycles. The van der Waals surface area contributed by atoms with E-state index < -0.39 is 17.6 Å². The van der Waals surface area contributed by atoms with Crippen LogP contribution in [-0.4, -0.2) is 48.4 Å². The van der Waals surface area contributed by atoms with Gasteiger partial charge >= 0.3 is 6.18 Å². The summed E-state index contributed by atoms with van der Waals surface area (Å²) in [6.07, 6.45) is 2.49. The van der Waals surface area contributed by atoms with Crippen molar-refractivity contribution in [2.75, 3.05) is 6.54 Å². The number of halogens is 4. The highest BCUT2D eigenvalue weighted by Gasteiger charge is 2.34. The van der Waals surface area contributed by atoms with E-state index >= 15 is 0 Å². The van der Waals surface area contributed by atoms with E-state index in [1.807, 2.05) is 6.92 Å². The summed E-state index contributed by atoms with van der Waals surface area (Å²) in [5, 5.41) is 8.04. The first kappa shape index (κ1) is 22.8. The molecule has 33 heavy (non-hydrogen) atoms. The van der Waals surface area contributed by atoms with Crippen molar-refractivity contribution in [3.63, 3.8) is 0 Å². The first-order valence-electron chi connectivity index (χ1n) is 10.6. The maximum absolute atomic E-state index is 13.9. The Balaban J connectivity index is 1.55. The molecule has 0 N–H and O–H groups in total. The van der Waals surface area contributed by atoms with Gasteiger partial charge in [0.1, 0.15) is 17.3 Å². The van der Waals surface area contributed by atoms with Gasteiger partial charge in [-0.25, -0.2) is 14.4 Å². The summed E-state index contributed by atoms with van der Waals surface area (Å²) in [6.45, 7) is 2.56. The average Bonchev–Trinajstić information content (AvgIpc) is 3.32. The summed E-state index contributed by atoms with van der Waals surface area (Å²) in [4.78, 5) is 24.2. The van der Waals surface area contributed by atoms with Gasteiger partial charge in [0.15, 0.2) is 0 Å². The number of amides is 1. The zero-order valence-corrected chi connectivity index (χ0v) is 17.8. The number of carbonyl (C=O) groups is 1. The van der Waals surface area contributed by atoms with E-state index in [9.17, 15) is 22.4 Å². The number of hydrogen-bond donors (Lipinski definition) is 0. The molecule has 0 bridgehead atoms. The summed E-state index contributed by atoms with van der Waals surface area (Å²) < 4.78 is 52.2. The third-order valence-electron chi connectivity index (χ3n) is 5.90. The highest BCUT2D eigenvalue weighted by Crippen LogP contribution is 2.30. The summed E-state index contributed by atoms with van der Waals surface area (Å²) in [5.74, 6) is -0.325. The number of nitrogens with zero attached hydrogens (tertiary/aromatic N) is 6. The molecule has 4 rings (SSSR count). The number of hydrogen-bond acceptors (Lipinski definition) is 5.